The standard InChI is InChI=1S/C14H12N2O5/c1-9(17)10-5-6-15-14(7-10)21-13-8-11(20-2)3-4-12(13)16(18)19/h3-8H,1-2H3. The van der Waals surface area contributed by atoms with Crippen LogP contribution in [-0.2, 0) is 0 Å². The van der Waals surface area contributed by atoms with Crippen LogP contribution in [0.5, 0.6) is 17.4 Å². The fourth-order valence-corrected chi connectivity index (χ4v) is 1.65. The molecule has 0 saturated carbocycles. The van der Waals surface area contributed by atoms with Gasteiger partial charge in [-0.3, -0.25) is 14.9 Å². The van der Waals surface area contributed by atoms with E-state index in [1.807, 2.05) is 0 Å². The third-order valence-electron chi connectivity index (χ3n) is 2.72. The molecule has 1 aromatic carbocycles. The number of carbonyl (C=O) groups is 1. The van der Waals surface area contributed by atoms with Crippen LogP contribution in [0.2, 0.25) is 0 Å². The van der Waals surface area contributed by atoms with E-state index in [9.17, 15) is 14.9 Å². The third-order valence-corrected chi connectivity index (χ3v) is 2.72. The van der Waals surface area contributed by atoms with Gasteiger partial charge in [0.15, 0.2) is 5.78 Å². The number of rotatable bonds is 5. The Morgan fingerprint density at radius 3 is 2.67 bits per heavy atom. The van der Waals surface area contributed by atoms with Gasteiger partial charge in [-0.05, 0) is 19.1 Å². The molecule has 0 aliphatic heterocycles. The molecule has 1 heterocycles. The molecule has 7 nitrogen and oxygen atoms in total. The zero-order valence-corrected chi connectivity index (χ0v) is 11.4. The number of nitro groups is 1. The zero-order valence-electron chi connectivity index (χ0n) is 11.4. The average Bonchev–Trinajstić information content (AvgIpc) is 2.47. The van der Waals surface area contributed by atoms with Crippen LogP contribution >= 0.6 is 0 Å². The molecule has 0 amide bonds. The molecule has 0 radical (unpaired) electrons. The summed E-state index contributed by atoms with van der Waals surface area (Å²) in [6, 6.07) is 7.09. The van der Waals surface area contributed by atoms with Crippen molar-refractivity contribution in [2.75, 3.05) is 7.11 Å². The highest BCUT2D eigenvalue weighted by Gasteiger charge is 2.17. The van der Waals surface area contributed by atoms with E-state index in [1.54, 1.807) is 0 Å². The van der Waals surface area contributed by atoms with Crippen LogP contribution in [0.25, 0.3) is 0 Å². The molecule has 2 aromatic rings. The molecular formula is C14H12N2O5. The number of ketones is 1. The van der Waals surface area contributed by atoms with Crippen molar-refractivity contribution in [1.82, 2.24) is 4.98 Å². The van der Waals surface area contributed by atoms with Crippen molar-refractivity contribution in [1.29, 1.82) is 0 Å². The minimum Gasteiger partial charge on any atom is -0.497 e. The van der Waals surface area contributed by atoms with Gasteiger partial charge in [0.05, 0.1) is 12.0 Å². The Hall–Kier alpha value is -2.96. The minimum absolute atomic E-state index is 0.00690. The van der Waals surface area contributed by atoms with Crippen molar-refractivity contribution < 1.29 is 19.2 Å². The normalized spacial score (nSPS) is 10.0. The molecule has 0 N–H and O–H groups in total. The van der Waals surface area contributed by atoms with Crippen LogP contribution < -0.4 is 9.47 Å². The molecule has 0 unspecified atom stereocenters. The van der Waals surface area contributed by atoms with Crippen LogP contribution in [0, 0.1) is 10.1 Å². The third kappa shape index (κ3) is 3.33. The number of ether oxygens (including phenoxy) is 2. The highest BCUT2D eigenvalue weighted by atomic mass is 16.6. The van der Waals surface area contributed by atoms with E-state index in [2.05, 4.69) is 4.98 Å². The van der Waals surface area contributed by atoms with Gasteiger partial charge in [0.1, 0.15) is 5.75 Å². The second-order valence-corrected chi connectivity index (χ2v) is 4.13. The Morgan fingerprint density at radius 2 is 2.05 bits per heavy atom. The van der Waals surface area contributed by atoms with E-state index in [4.69, 9.17) is 9.47 Å². The van der Waals surface area contributed by atoms with Gasteiger partial charge in [-0.1, -0.05) is 0 Å². The van der Waals surface area contributed by atoms with Crippen molar-refractivity contribution in [2.24, 2.45) is 0 Å². The SMILES string of the molecule is COc1ccc([N+](=O)[O-])c(Oc2cc(C(C)=O)ccn2)c1. The van der Waals surface area contributed by atoms with E-state index in [-0.39, 0.29) is 23.1 Å². The Balaban J connectivity index is 2.40. The monoisotopic (exact) mass is 288 g/mol. The maximum absolute atomic E-state index is 11.3. The molecule has 0 saturated heterocycles. The van der Waals surface area contributed by atoms with Crippen molar-refractivity contribution >= 4 is 11.5 Å². The van der Waals surface area contributed by atoms with E-state index in [1.165, 1.54) is 50.6 Å². The summed E-state index contributed by atoms with van der Waals surface area (Å²) in [5, 5.41) is 11.0. The lowest BCUT2D eigenvalue weighted by molar-refractivity contribution is -0.385. The summed E-state index contributed by atoms with van der Waals surface area (Å²) in [7, 11) is 1.44. The van der Waals surface area contributed by atoms with Crippen molar-refractivity contribution in [3.05, 3.63) is 52.2 Å². The highest BCUT2D eigenvalue weighted by molar-refractivity contribution is 5.94. The summed E-state index contributed by atoms with van der Waals surface area (Å²) in [5.41, 5.74) is 0.191. The number of benzene rings is 1. The molecule has 7 heteroatoms. The lowest BCUT2D eigenvalue weighted by atomic mass is 10.2. The predicted molar refractivity (Wildman–Crippen MR) is 74.0 cm³/mol. The first-order valence-corrected chi connectivity index (χ1v) is 5.98. The maximum atomic E-state index is 11.3. The number of hydrogen-bond acceptors (Lipinski definition) is 6. The molecule has 0 fully saturated rings. The number of carbonyl (C=O) groups excluding carboxylic acids is 1. The van der Waals surface area contributed by atoms with Gasteiger partial charge < -0.3 is 9.47 Å². The van der Waals surface area contributed by atoms with Crippen LogP contribution in [0.1, 0.15) is 17.3 Å². The molecule has 0 aliphatic rings. The van der Waals surface area contributed by atoms with Gasteiger partial charge in [-0.15, -0.1) is 0 Å². The van der Waals surface area contributed by atoms with Gasteiger partial charge in [-0.25, -0.2) is 4.98 Å². The summed E-state index contributed by atoms with van der Waals surface area (Å²) in [5.74, 6) is 0.354. The number of nitrogens with zero attached hydrogens (tertiary/aromatic N) is 2. The van der Waals surface area contributed by atoms with Crippen molar-refractivity contribution in [3.8, 4) is 17.4 Å². The van der Waals surface area contributed by atoms with Crippen LogP contribution in [0.3, 0.4) is 0 Å². The first kappa shape index (κ1) is 14.4. The molecule has 0 bridgehead atoms. The Bertz CT molecular complexity index is 700. The predicted octanol–water partition coefficient (Wildman–Crippen LogP) is 2.99. The fraction of sp³-hybridized carbons (Fsp3) is 0.143. The molecule has 2 rings (SSSR count). The largest absolute Gasteiger partial charge is 0.497 e. The second kappa shape index (κ2) is 6.00. The first-order chi connectivity index (χ1) is 10.0. The zero-order chi connectivity index (χ0) is 15.4. The summed E-state index contributed by atoms with van der Waals surface area (Å²) in [4.78, 5) is 25.7. The van der Waals surface area contributed by atoms with Gasteiger partial charge in [0.2, 0.25) is 11.6 Å². The Labute approximate surface area is 120 Å². The maximum Gasteiger partial charge on any atom is 0.311 e. The smallest absolute Gasteiger partial charge is 0.311 e. The van der Waals surface area contributed by atoms with Crippen molar-refractivity contribution in [3.63, 3.8) is 0 Å². The summed E-state index contributed by atoms with van der Waals surface area (Å²) < 4.78 is 10.4. The van der Waals surface area contributed by atoms with Gasteiger partial charge in [0, 0.05) is 30.0 Å². The number of hydrogen-bond donors (Lipinski definition) is 0. The topological polar surface area (TPSA) is 91.6 Å². The summed E-state index contributed by atoms with van der Waals surface area (Å²) >= 11 is 0. The number of methoxy groups -OCH3 is 1. The number of nitro benzene ring substituents is 1. The minimum atomic E-state index is -0.566. The summed E-state index contributed by atoms with van der Waals surface area (Å²) in [6.07, 6.45) is 1.40. The Morgan fingerprint density at radius 1 is 1.29 bits per heavy atom. The molecule has 0 spiro atoms. The van der Waals surface area contributed by atoms with Crippen molar-refractivity contribution in [2.45, 2.75) is 6.92 Å². The average molecular weight is 288 g/mol. The van der Waals surface area contributed by atoms with Crippen LogP contribution in [0.15, 0.2) is 36.5 Å². The molecule has 21 heavy (non-hydrogen) atoms. The van der Waals surface area contributed by atoms with E-state index < -0.39 is 4.92 Å². The number of pyridine rings is 1. The van der Waals surface area contributed by atoms with Gasteiger partial charge in [-0.2, -0.15) is 0 Å². The lowest BCUT2D eigenvalue weighted by Gasteiger charge is -2.07. The second-order valence-electron chi connectivity index (χ2n) is 4.13. The number of Topliss-reactive ketones (excluding diaryl/α,β-unsaturated/α-hetero) is 1. The molecule has 108 valence electrons. The van der Waals surface area contributed by atoms with E-state index in [0.29, 0.717) is 11.3 Å². The quantitative estimate of drug-likeness (QED) is 0.477. The molecule has 0 atom stereocenters. The fourth-order valence-electron chi connectivity index (χ4n) is 1.65. The molecule has 0 aliphatic carbocycles. The highest BCUT2D eigenvalue weighted by Crippen LogP contribution is 2.34. The summed E-state index contributed by atoms with van der Waals surface area (Å²) in [6.45, 7) is 1.41. The van der Waals surface area contributed by atoms with Gasteiger partial charge >= 0.3 is 5.69 Å². The molecule has 1 aromatic heterocycles. The van der Waals surface area contributed by atoms with Gasteiger partial charge in [0.25, 0.3) is 0 Å². The van der Waals surface area contributed by atoms with E-state index in [0.717, 1.165) is 0 Å². The van der Waals surface area contributed by atoms with Crippen LogP contribution in [-0.4, -0.2) is 22.8 Å². The van der Waals surface area contributed by atoms with Crippen LogP contribution in [0.4, 0.5) is 5.69 Å². The van der Waals surface area contributed by atoms with E-state index >= 15 is 0 Å². The first-order valence-electron chi connectivity index (χ1n) is 5.98. The lowest BCUT2D eigenvalue weighted by Crippen LogP contribution is -1.98. The number of aromatic nitrogens is 1. The Kier molecular flexibility index (Phi) is 4.13. The molecular weight excluding hydrogens is 276 g/mol.